The summed E-state index contributed by atoms with van der Waals surface area (Å²) < 4.78 is 1.76. The van der Waals surface area contributed by atoms with E-state index in [1.54, 1.807) is 0 Å². The van der Waals surface area contributed by atoms with Crippen molar-refractivity contribution in [2.24, 2.45) is 0 Å². The van der Waals surface area contributed by atoms with Gasteiger partial charge in [-0.3, -0.25) is 0 Å². The van der Waals surface area contributed by atoms with Gasteiger partial charge in [-0.1, -0.05) is 33.6 Å². The van der Waals surface area contributed by atoms with Gasteiger partial charge in [-0.15, -0.1) is 0 Å². The monoisotopic (exact) mass is 319 g/mol. The number of nitrogens with zero attached hydrogens (tertiary/aromatic N) is 1. The van der Waals surface area contributed by atoms with Crippen LogP contribution < -0.4 is 0 Å². The van der Waals surface area contributed by atoms with E-state index in [4.69, 9.17) is 11.6 Å². The number of hydrogen-bond donors (Lipinski definition) is 0. The van der Waals surface area contributed by atoms with E-state index >= 15 is 0 Å². The maximum Gasteiger partial charge on any atom is 0.106 e. The van der Waals surface area contributed by atoms with Crippen LogP contribution in [0.4, 0.5) is 0 Å². The first-order valence-electron chi connectivity index (χ1n) is 3.58. The summed E-state index contributed by atoms with van der Waals surface area (Å²) in [6.45, 7) is 0. The van der Waals surface area contributed by atoms with Crippen LogP contribution in [-0.2, 0) is 0 Å². The molecule has 0 aliphatic rings. The fourth-order valence-electron chi connectivity index (χ4n) is 1.13. The van der Waals surface area contributed by atoms with Gasteiger partial charge in [0, 0.05) is 9.86 Å². The van der Waals surface area contributed by atoms with E-state index in [2.05, 4.69) is 36.8 Å². The van der Waals surface area contributed by atoms with Crippen LogP contribution in [0.2, 0.25) is 5.02 Å². The topological polar surface area (TPSA) is 12.9 Å². The fraction of sp³-hybridized carbons (Fsp3) is 0. The molecule has 0 atom stereocenters. The Morgan fingerprint density at radius 3 is 2.69 bits per heavy atom. The molecule has 1 aromatic carbocycles. The smallest absolute Gasteiger partial charge is 0.106 e. The average molecular weight is 321 g/mol. The van der Waals surface area contributed by atoms with Crippen LogP contribution in [0.3, 0.4) is 0 Å². The summed E-state index contributed by atoms with van der Waals surface area (Å²) >= 11 is 12.7. The minimum absolute atomic E-state index is 0.658. The third-order valence-corrected chi connectivity index (χ3v) is 2.86. The van der Waals surface area contributed by atoms with Crippen LogP contribution in [0.5, 0.6) is 0 Å². The van der Waals surface area contributed by atoms with Gasteiger partial charge in [0.15, 0.2) is 0 Å². The van der Waals surface area contributed by atoms with Gasteiger partial charge in [0.2, 0.25) is 0 Å². The minimum Gasteiger partial charge on any atom is -0.239 e. The van der Waals surface area contributed by atoms with Gasteiger partial charge in [-0.25, -0.2) is 4.98 Å². The van der Waals surface area contributed by atoms with E-state index in [0.717, 1.165) is 20.0 Å². The molecule has 13 heavy (non-hydrogen) atoms. The molecule has 0 bridgehead atoms. The van der Waals surface area contributed by atoms with E-state index in [1.165, 1.54) is 0 Å². The Kier molecular flexibility index (Phi) is 2.58. The van der Waals surface area contributed by atoms with E-state index < -0.39 is 0 Å². The van der Waals surface area contributed by atoms with Crippen molar-refractivity contribution in [1.82, 2.24) is 4.98 Å². The van der Waals surface area contributed by atoms with Gasteiger partial charge >= 0.3 is 0 Å². The quantitative estimate of drug-likeness (QED) is 0.655. The SMILES string of the molecule is Clc1cc(Br)cc2ccc(Br)nc12. The van der Waals surface area contributed by atoms with Gasteiger partial charge in [0.05, 0.1) is 10.5 Å². The number of halogens is 3. The van der Waals surface area contributed by atoms with Crippen molar-refractivity contribution in [1.29, 1.82) is 0 Å². The number of pyridine rings is 1. The Bertz CT molecular complexity index is 470. The Hall–Kier alpha value is -0.120. The van der Waals surface area contributed by atoms with Crippen LogP contribution in [-0.4, -0.2) is 4.98 Å². The summed E-state index contributed by atoms with van der Waals surface area (Å²) in [6.07, 6.45) is 0. The summed E-state index contributed by atoms with van der Waals surface area (Å²) in [5, 5.41) is 1.69. The highest BCUT2D eigenvalue weighted by molar-refractivity contribution is 9.10. The van der Waals surface area contributed by atoms with Gasteiger partial charge in [-0.2, -0.15) is 0 Å². The predicted octanol–water partition coefficient (Wildman–Crippen LogP) is 4.41. The van der Waals surface area contributed by atoms with Crippen molar-refractivity contribution in [3.8, 4) is 0 Å². The standard InChI is InChI=1S/C9H4Br2ClN/c10-6-3-5-1-2-8(11)13-9(5)7(12)4-6/h1-4H. The highest BCUT2D eigenvalue weighted by Crippen LogP contribution is 2.27. The second-order valence-electron chi connectivity index (χ2n) is 2.59. The first-order chi connectivity index (χ1) is 6.16. The van der Waals surface area contributed by atoms with Crippen LogP contribution in [0.15, 0.2) is 33.3 Å². The van der Waals surface area contributed by atoms with Crippen molar-refractivity contribution < 1.29 is 0 Å². The molecule has 0 aliphatic heterocycles. The zero-order valence-electron chi connectivity index (χ0n) is 6.39. The molecular weight excluding hydrogens is 317 g/mol. The van der Waals surface area contributed by atoms with Crippen LogP contribution in [0, 0.1) is 0 Å². The molecule has 0 saturated heterocycles. The molecule has 1 nitrogen and oxygen atoms in total. The van der Waals surface area contributed by atoms with Crippen molar-refractivity contribution in [3.05, 3.63) is 38.4 Å². The molecule has 1 heterocycles. The van der Waals surface area contributed by atoms with Gasteiger partial charge in [0.1, 0.15) is 4.60 Å². The molecule has 0 spiro atoms. The largest absolute Gasteiger partial charge is 0.239 e. The number of aromatic nitrogens is 1. The Balaban J connectivity index is 2.87. The fourth-order valence-corrected chi connectivity index (χ4v) is 2.32. The molecule has 0 saturated carbocycles. The summed E-state index contributed by atoms with van der Waals surface area (Å²) in [5.74, 6) is 0. The summed E-state index contributed by atoms with van der Waals surface area (Å²) in [4.78, 5) is 4.28. The lowest BCUT2D eigenvalue weighted by Crippen LogP contribution is -1.81. The molecule has 0 fully saturated rings. The summed E-state index contributed by atoms with van der Waals surface area (Å²) in [7, 11) is 0. The van der Waals surface area contributed by atoms with Crippen molar-refractivity contribution in [2.75, 3.05) is 0 Å². The van der Waals surface area contributed by atoms with E-state index in [0.29, 0.717) is 5.02 Å². The highest BCUT2D eigenvalue weighted by atomic mass is 79.9. The first kappa shape index (κ1) is 9.44. The number of fused-ring (bicyclic) bond motifs is 1. The molecule has 0 radical (unpaired) electrons. The lowest BCUT2D eigenvalue weighted by molar-refractivity contribution is 1.35. The molecule has 4 heteroatoms. The predicted molar refractivity (Wildman–Crippen MR) is 62.2 cm³/mol. The molecule has 0 N–H and O–H groups in total. The van der Waals surface area contributed by atoms with E-state index in [1.807, 2.05) is 24.3 Å². The molecule has 0 amide bonds. The normalized spacial score (nSPS) is 10.7. The van der Waals surface area contributed by atoms with Crippen molar-refractivity contribution >= 4 is 54.4 Å². The highest BCUT2D eigenvalue weighted by Gasteiger charge is 2.02. The van der Waals surface area contributed by atoms with Crippen LogP contribution >= 0.6 is 43.5 Å². The molecule has 2 rings (SSSR count). The Labute approximate surface area is 97.4 Å². The molecule has 0 unspecified atom stereocenters. The second kappa shape index (κ2) is 3.56. The number of benzene rings is 1. The lowest BCUT2D eigenvalue weighted by atomic mass is 10.2. The van der Waals surface area contributed by atoms with Crippen molar-refractivity contribution in [3.63, 3.8) is 0 Å². The zero-order valence-corrected chi connectivity index (χ0v) is 10.3. The van der Waals surface area contributed by atoms with Crippen molar-refractivity contribution in [2.45, 2.75) is 0 Å². The Morgan fingerprint density at radius 2 is 1.92 bits per heavy atom. The van der Waals surface area contributed by atoms with E-state index in [-0.39, 0.29) is 0 Å². The summed E-state index contributed by atoms with van der Waals surface area (Å²) in [5.41, 5.74) is 0.819. The first-order valence-corrected chi connectivity index (χ1v) is 5.54. The third kappa shape index (κ3) is 1.87. The van der Waals surface area contributed by atoms with Gasteiger partial charge in [0.25, 0.3) is 0 Å². The molecular formula is C9H4Br2ClN. The summed E-state index contributed by atoms with van der Waals surface area (Å²) in [6, 6.07) is 7.69. The van der Waals surface area contributed by atoms with Gasteiger partial charge < -0.3 is 0 Å². The number of hydrogen-bond acceptors (Lipinski definition) is 1. The average Bonchev–Trinajstić information content (AvgIpc) is 2.06. The van der Waals surface area contributed by atoms with Gasteiger partial charge in [-0.05, 0) is 34.1 Å². The number of rotatable bonds is 0. The van der Waals surface area contributed by atoms with Crippen LogP contribution in [0.1, 0.15) is 0 Å². The maximum atomic E-state index is 6.02. The Morgan fingerprint density at radius 1 is 1.15 bits per heavy atom. The molecule has 66 valence electrons. The maximum absolute atomic E-state index is 6.02. The minimum atomic E-state index is 0.658. The van der Waals surface area contributed by atoms with Crippen LogP contribution in [0.25, 0.3) is 10.9 Å². The lowest BCUT2D eigenvalue weighted by Gasteiger charge is -2.00. The third-order valence-electron chi connectivity index (χ3n) is 1.68. The second-order valence-corrected chi connectivity index (χ2v) is 4.73. The van der Waals surface area contributed by atoms with E-state index in [9.17, 15) is 0 Å². The molecule has 2 aromatic rings. The zero-order chi connectivity index (χ0) is 9.42. The molecule has 1 aromatic heterocycles. The molecule has 0 aliphatic carbocycles.